The molecule has 1 unspecified atom stereocenters. The number of hydrogen-bond donors (Lipinski definition) is 1. The van der Waals surface area contributed by atoms with Crippen molar-refractivity contribution in [1.82, 2.24) is 0 Å². The fourth-order valence-corrected chi connectivity index (χ4v) is 2.37. The molecule has 1 aromatic carbocycles. The number of nitrogens with two attached hydrogens (primary N) is 1. The number of hydrogen-bond acceptors (Lipinski definition) is 2. The molecular weight excluding hydrogens is 266 g/mol. The van der Waals surface area contributed by atoms with Gasteiger partial charge in [-0.3, -0.25) is 0 Å². The Morgan fingerprint density at radius 2 is 1.94 bits per heavy atom. The van der Waals surface area contributed by atoms with E-state index in [4.69, 9.17) is 10.5 Å². The normalized spacial score (nSPS) is 12.9. The summed E-state index contributed by atoms with van der Waals surface area (Å²) >= 11 is 3.54. The number of rotatable bonds is 4. The van der Waals surface area contributed by atoms with Crippen molar-refractivity contribution < 1.29 is 4.74 Å². The second-order valence-corrected chi connectivity index (χ2v) is 5.44. The van der Waals surface area contributed by atoms with E-state index in [9.17, 15) is 0 Å². The molecule has 1 rings (SSSR count). The predicted octanol–water partition coefficient (Wildman–Crippen LogP) is 3.47. The van der Waals surface area contributed by atoms with E-state index in [1.807, 2.05) is 6.92 Å². The lowest BCUT2D eigenvalue weighted by molar-refractivity contribution is 0.401. The molecule has 0 aliphatic carbocycles. The van der Waals surface area contributed by atoms with E-state index in [1.165, 1.54) is 11.1 Å². The van der Waals surface area contributed by atoms with Crippen molar-refractivity contribution in [2.45, 2.75) is 39.2 Å². The summed E-state index contributed by atoms with van der Waals surface area (Å²) in [5.41, 5.74) is 8.26. The van der Waals surface area contributed by atoms with Gasteiger partial charge < -0.3 is 10.5 Å². The maximum absolute atomic E-state index is 5.85. The molecule has 0 saturated carbocycles. The van der Waals surface area contributed by atoms with Gasteiger partial charge in [-0.15, -0.1) is 0 Å². The Balaban J connectivity index is 3.24. The monoisotopic (exact) mass is 285 g/mol. The third-order valence-corrected chi connectivity index (χ3v) is 2.99. The first kappa shape index (κ1) is 13.5. The number of benzene rings is 1. The van der Waals surface area contributed by atoms with Crippen LogP contribution in [0.25, 0.3) is 0 Å². The summed E-state index contributed by atoms with van der Waals surface area (Å²) in [5.74, 6) is 1.43. The van der Waals surface area contributed by atoms with Crippen LogP contribution in [-0.2, 0) is 6.42 Å². The minimum atomic E-state index is 0.142. The van der Waals surface area contributed by atoms with E-state index < -0.39 is 0 Å². The van der Waals surface area contributed by atoms with Crippen LogP contribution in [0.3, 0.4) is 0 Å². The third-order valence-electron chi connectivity index (χ3n) is 2.53. The molecule has 0 fully saturated rings. The molecule has 2 N–H and O–H groups in total. The molecule has 0 saturated heterocycles. The van der Waals surface area contributed by atoms with Crippen LogP contribution >= 0.6 is 15.9 Å². The fourth-order valence-electron chi connectivity index (χ4n) is 1.85. The van der Waals surface area contributed by atoms with Crippen molar-refractivity contribution in [3.05, 3.63) is 27.7 Å². The molecule has 90 valence electrons. The van der Waals surface area contributed by atoms with E-state index in [0.29, 0.717) is 5.92 Å². The Bertz CT molecular complexity index is 361. The summed E-state index contributed by atoms with van der Waals surface area (Å²) in [7, 11) is 1.72. The number of halogens is 1. The van der Waals surface area contributed by atoms with Gasteiger partial charge >= 0.3 is 0 Å². The Morgan fingerprint density at radius 1 is 1.31 bits per heavy atom. The number of ether oxygens (including phenoxy) is 1. The summed E-state index contributed by atoms with van der Waals surface area (Å²) in [6.45, 7) is 6.34. The van der Waals surface area contributed by atoms with Crippen molar-refractivity contribution in [2.24, 2.45) is 5.73 Å². The fraction of sp³-hybridized carbons (Fsp3) is 0.538. The second-order valence-electron chi connectivity index (χ2n) is 4.52. The standard InChI is InChI=1S/C13H20BrNO/c1-8(2)12-7-11(14)6-10(5-9(3)15)13(12)16-4/h6-9H,5,15H2,1-4H3. The van der Waals surface area contributed by atoms with Gasteiger partial charge in [0.15, 0.2) is 0 Å². The predicted molar refractivity (Wildman–Crippen MR) is 72.1 cm³/mol. The molecule has 0 aromatic heterocycles. The average Bonchev–Trinajstić information content (AvgIpc) is 2.15. The molecule has 16 heavy (non-hydrogen) atoms. The van der Waals surface area contributed by atoms with E-state index in [0.717, 1.165) is 16.6 Å². The summed E-state index contributed by atoms with van der Waals surface area (Å²) in [5, 5.41) is 0. The van der Waals surface area contributed by atoms with Crippen molar-refractivity contribution in [2.75, 3.05) is 7.11 Å². The first-order valence-corrected chi connectivity index (χ1v) is 6.36. The van der Waals surface area contributed by atoms with Crippen LogP contribution in [0.4, 0.5) is 0 Å². The second kappa shape index (κ2) is 5.69. The zero-order valence-corrected chi connectivity index (χ0v) is 12.0. The highest BCUT2D eigenvalue weighted by Gasteiger charge is 2.14. The largest absolute Gasteiger partial charge is 0.496 e. The molecule has 0 aliphatic rings. The highest BCUT2D eigenvalue weighted by molar-refractivity contribution is 9.10. The molecule has 0 heterocycles. The van der Waals surface area contributed by atoms with Gasteiger partial charge in [-0.2, -0.15) is 0 Å². The zero-order valence-electron chi connectivity index (χ0n) is 10.4. The highest BCUT2D eigenvalue weighted by atomic mass is 79.9. The summed E-state index contributed by atoms with van der Waals surface area (Å²) in [6.07, 6.45) is 0.836. The lowest BCUT2D eigenvalue weighted by Crippen LogP contribution is -2.18. The Labute approximate surface area is 106 Å². The highest BCUT2D eigenvalue weighted by Crippen LogP contribution is 2.33. The SMILES string of the molecule is COc1c(CC(C)N)cc(Br)cc1C(C)C. The quantitative estimate of drug-likeness (QED) is 0.919. The van der Waals surface area contributed by atoms with E-state index in [1.54, 1.807) is 7.11 Å². The summed E-state index contributed by atoms with van der Waals surface area (Å²) < 4.78 is 6.61. The van der Waals surface area contributed by atoms with Gasteiger partial charge in [0.25, 0.3) is 0 Å². The van der Waals surface area contributed by atoms with Gasteiger partial charge in [-0.1, -0.05) is 29.8 Å². The lowest BCUT2D eigenvalue weighted by Gasteiger charge is -2.18. The topological polar surface area (TPSA) is 35.2 Å². The van der Waals surface area contributed by atoms with Gasteiger partial charge in [-0.05, 0) is 42.5 Å². The number of methoxy groups -OCH3 is 1. The van der Waals surface area contributed by atoms with Crippen LogP contribution in [0, 0.1) is 0 Å². The maximum atomic E-state index is 5.85. The molecule has 1 atom stereocenters. The van der Waals surface area contributed by atoms with Crippen LogP contribution in [0.1, 0.15) is 37.8 Å². The van der Waals surface area contributed by atoms with Gasteiger partial charge in [0, 0.05) is 10.5 Å². The molecule has 0 radical (unpaired) electrons. The van der Waals surface area contributed by atoms with Crippen molar-refractivity contribution in [3.8, 4) is 5.75 Å². The maximum Gasteiger partial charge on any atom is 0.125 e. The van der Waals surface area contributed by atoms with Crippen LogP contribution in [0.5, 0.6) is 5.75 Å². The zero-order chi connectivity index (χ0) is 12.3. The molecule has 0 aliphatic heterocycles. The third kappa shape index (κ3) is 3.22. The van der Waals surface area contributed by atoms with Crippen LogP contribution < -0.4 is 10.5 Å². The molecule has 2 nitrogen and oxygen atoms in total. The summed E-state index contributed by atoms with van der Waals surface area (Å²) in [6, 6.07) is 4.35. The average molecular weight is 286 g/mol. The van der Waals surface area contributed by atoms with E-state index in [2.05, 4.69) is 41.9 Å². The van der Waals surface area contributed by atoms with E-state index in [-0.39, 0.29) is 6.04 Å². The van der Waals surface area contributed by atoms with Gasteiger partial charge in [0.05, 0.1) is 7.11 Å². The molecule has 0 amide bonds. The van der Waals surface area contributed by atoms with Crippen molar-refractivity contribution >= 4 is 15.9 Å². The smallest absolute Gasteiger partial charge is 0.125 e. The van der Waals surface area contributed by atoms with Crippen LogP contribution in [-0.4, -0.2) is 13.2 Å². The molecule has 3 heteroatoms. The first-order chi connectivity index (χ1) is 7.45. The van der Waals surface area contributed by atoms with Crippen molar-refractivity contribution in [3.63, 3.8) is 0 Å². The molecule has 0 bridgehead atoms. The Kier molecular flexibility index (Phi) is 4.81. The Hall–Kier alpha value is -0.540. The Morgan fingerprint density at radius 3 is 2.38 bits per heavy atom. The van der Waals surface area contributed by atoms with Gasteiger partial charge in [0.1, 0.15) is 5.75 Å². The minimum Gasteiger partial charge on any atom is -0.496 e. The van der Waals surface area contributed by atoms with Crippen LogP contribution in [0.2, 0.25) is 0 Å². The van der Waals surface area contributed by atoms with Crippen LogP contribution in [0.15, 0.2) is 16.6 Å². The molecular formula is C13H20BrNO. The summed E-state index contributed by atoms with van der Waals surface area (Å²) in [4.78, 5) is 0. The first-order valence-electron chi connectivity index (χ1n) is 5.57. The lowest BCUT2D eigenvalue weighted by atomic mass is 9.96. The van der Waals surface area contributed by atoms with Gasteiger partial charge in [0.2, 0.25) is 0 Å². The van der Waals surface area contributed by atoms with E-state index >= 15 is 0 Å². The minimum absolute atomic E-state index is 0.142. The molecule has 0 spiro atoms. The van der Waals surface area contributed by atoms with Crippen molar-refractivity contribution in [1.29, 1.82) is 0 Å². The van der Waals surface area contributed by atoms with Gasteiger partial charge in [-0.25, -0.2) is 0 Å². The molecule has 1 aromatic rings.